The minimum atomic E-state index is -0.0653. The first-order valence-corrected chi connectivity index (χ1v) is 7.04. The van der Waals surface area contributed by atoms with E-state index in [-0.39, 0.29) is 11.9 Å². The second-order valence-corrected chi connectivity index (χ2v) is 4.83. The molecule has 0 aliphatic carbocycles. The molecule has 1 aromatic carbocycles. The van der Waals surface area contributed by atoms with Crippen molar-refractivity contribution in [3.63, 3.8) is 0 Å². The summed E-state index contributed by atoms with van der Waals surface area (Å²) >= 11 is 0. The molecule has 2 aromatic rings. The molecule has 1 amide bonds. The van der Waals surface area contributed by atoms with Crippen molar-refractivity contribution < 1.29 is 4.79 Å². The van der Waals surface area contributed by atoms with E-state index in [1.54, 1.807) is 18.5 Å². The quantitative estimate of drug-likeness (QED) is 0.886. The van der Waals surface area contributed by atoms with Crippen LogP contribution >= 0.6 is 0 Å². The molecule has 0 saturated heterocycles. The van der Waals surface area contributed by atoms with Crippen LogP contribution in [0.15, 0.2) is 36.7 Å². The number of aromatic nitrogens is 2. The molecule has 0 fully saturated rings. The summed E-state index contributed by atoms with van der Waals surface area (Å²) in [6.45, 7) is 6.48. The lowest BCUT2D eigenvalue weighted by Gasteiger charge is -2.16. The van der Waals surface area contributed by atoms with E-state index in [4.69, 9.17) is 0 Å². The van der Waals surface area contributed by atoms with Crippen molar-refractivity contribution in [2.45, 2.75) is 26.8 Å². The van der Waals surface area contributed by atoms with E-state index in [0.717, 1.165) is 17.1 Å². The number of benzene rings is 1. The van der Waals surface area contributed by atoms with Gasteiger partial charge in [0.1, 0.15) is 0 Å². The maximum absolute atomic E-state index is 11.8. The predicted octanol–water partition coefficient (Wildman–Crippen LogP) is 2.71. The summed E-state index contributed by atoms with van der Waals surface area (Å²) in [6.07, 6.45) is 3.37. The highest BCUT2D eigenvalue weighted by Gasteiger charge is 2.11. The van der Waals surface area contributed by atoms with Crippen LogP contribution in [0.4, 0.5) is 5.69 Å². The lowest BCUT2D eigenvalue weighted by atomic mass is 10.1. The molecule has 2 rings (SSSR count). The average Bonchev–Trinajstić information content (AvgIpc) is 2.48. The van der Waals surface area contributed by atoms with Gasteiger partial charge in [-0.1, -0.05) is 6.07 Å². The highest BCUT2D eigenvalue weighted by molar-refractivity contribution is 5.95. The van der Waals surface area contributed by atoms with Gasteiger partial charge >= 0.3 is 0 Å². The van der Waals surface area contributed by atoms with Crippen molar-refractivity contribution in [2.24, 2.45) is 0 Å². The van der Waals surface area contributed by atoms with E-state index in [1.807, 2.05) is 39.0 Å². The first kappa shape index (κ1) is 15.0. The number of carbonyl (C=O) groups is 1. The zero-order valence-corrected chi connectivity index (χ0v) is 12.6. The van der Waals surface area contributed by atoms with Crippen LogP contribution in [0.5, 0.6) is 0 Å². The van der Waals surface area contributed by atoms with Gasteiger partial charge in [-0.15, -0.1) is 0 Å². The molecule has 0 bridgehead atoms. The summed E-state index contributed by atoms with van der Waals surface area (Å²) in [7, 11) is 0. The van der Waals surface area contributed by atoms with Crippen LogP contribution in [0.2, 0.25) is 0 Å². The second kappa shape index (κ2) is 6.83. The summed E-state index contributed by atoms with van der Waals surface area (Å²) in [6, 6.07) is 7.46. The highest BCUT2D eigenvalue weighted by atomic mass is 16.1. The number of carbonyl (C=O) groups excluding carboxylic acids is 1. The van der Waals surface area contributed by atoms with Crippen LogP contribution in [-0.4, -0.2) is 22.4 Å². The molecule has 1 heterocycles. The van der Waals surface area contributed by atoms with E-state index < -0.39 is 0 Å². The van der Waals surface area contributed by atoms with E-state index in [1.165, 1.54) is 0 Å². The van der Waals surface area contributed by atoms with E-state index in [2.05, 4.69) is 20.6 Å². The highest BCUT2D eigenvalue weighted by Crippen LogP contribution is 2.20. The van der Waals surface area contributed by atoms with Crippen LogP contribution in [0.1, 0.15) is 41.6 Å². The van der Waals surface area contributed by atoms with Gasteiger partial charge in [0.25, 0.3) is 5.91 Å². The van der Waals surface area contributed by atoms with Crippen LogP contribution in [0.25, 0.3) is 0 Å². The molecular weight excluding hydrogens is 264 g/mol. The number of aryl methyl sites for hydroxylation is 1. The van der Waals surface area contributed by atoms with Gasteiger partial charge < -0.3 is 10.6 Å². The van der Waals surface area contributed by atoms with Crippen LogP contribution < -0.4 is 10.6 Å². The van der Waals surface area contributed by atoms with Gasteiger partial charge in [0, 0.05) is 30.2 Å². The Bertz CT molecular complexity index is 627. The maximum Gasteiger partial charge on any atom is 0.251 e. The van der Waals surface area contributed by atoms with Crippen molar-refractivity contribution in [3.8, 4) is 0 Å². The SMILES string of the molecule is CCNC(=O)c1cccc(NC(C)c2nccnc2C)c1. The van der Waals surface area contributed by atoms with Crippen LogP contribution in [0.3, 0.4) is 0 Å². The van der Waals surface area contributed by atoms with Gasteiger partial charge in [0.05, 0.1) is 17.4 Å². The second-order valence-electron chi connectivity index (χ2n) is 4.83. The molecular formula is C16H20N4O. The summed E-state index contributed by atoms with van der Waals surface area (Å²) in [5, 5.41) is 6.15. The number of hydrogen-bond donors (Lipinski definition) is 2. The third-order valence-electron chi connectivity index (χ3n) is 3.17. The Kier molecular flexibility index (Phi) is 4.87. The largest absolute Gasteiger partial charge is 0.377 e. The van der Waals surface area contributed by atoms with Gasteiger partial charge in [-0.2, -0.15) is 0 Å². The molecule has 0 spiro atoms. The topological polar surface area (TPSA) is 66.9 Å². The van der Waals surface area contributed by atoms with Gasteiger partial charge in [-0.05, 0) is 39.0 Å². The maximum atomic E-state index is 11.8. The van der Waals surface area contributed by atoms with Gasteiger partial charge in [-0.25, -0.2) is 0 Å². The summed E-state index contributed by atoms with van der Waals surface area (Å²) in [5.41, 5.74) is 3.33. The molecule has 5 nitrogen and oxygen atoms in total. The fourth-order valence-corrected chi connectivity index (χ4v) is 2.17. The summed E-state index contributed by atoms with van der Waals surface area (Å²) in [4.78, 5) is 20.4. The Balaban J connectivity index is 2.15. The molecule has 5 heteroatoms. The molecule has 0 aliphatic heterocycles. The number of nitrogens with zero attached hydrogens (tertiary/aromatic N) is 2. The van der Waals surface area contributed by atoms with Crippen molar-refractivity contribution in [1.29, 1.82) is 0 Å². The zero-order valence-electron chi connectivity index (χ0n) is 12.6. The smallest absolute Gasteiger partial charge is 0.251 e. The third-order valence-corrected chi connectivity index (χ3v) is 3.17. The Morgan fingerprint density at radius 1 is 1.29 bits per heavy atom. The minimum Gasteiger partial charge on any atom is -0.377 e. The summed E-state index contributed by atoms with van der Waals surface area (Å²) in [5.74, 6) is -0.0653. The number of amides is 1. The number of nitrogens with one attached hydrogen (secondary N) is 2. The van der Waals surface area contributed by atoms with E-state index in [0.29, 0.717) is 12.1 Å². The third kappa shape index (κ3) is 3.78. The Morgan fingerprint density at radius 3 is 2.76 bits per heavy atom. The molecule has 0 saturated carbocycles. The molecule has 0 aliphatic rings. The number of hydrogen-bond acceptors (Lipinski definition) is 4. The van der Waals surface area contributed by atoms with E-state index in [9.17, 15) is 4.79 Å². The molecule has 1 aromatic heterocycles. The van der Waals surface area contributed by atoms with Crippen LogP contribution in [-0.2, 0) is 0 Å². The van der Waals surface area contributed by atoms with E-state index >= 15 is 0 Å². The normalized spacial score (nSPS) is 11.8. The van der Waals surface area contributed by atoms with Gasteiger partial charge in [-0.3, -0.25) is 14.8 Å². The van der Waals surface area contributed by atoms with Crippen LogP contribution in [0, 0.1) is 6.92 Å². The molecule has 0 radical (unpaired) electrons. The first-order chi connectivity index (χ1) is 10.1. The first-order valence-electron chi connectivity index (χ1n) is 7.04. The Hall–Kier alpha value is -2.43. The fraction of sp³-hybridized carbons (Fsp3) is 0.312. The molecule has 1 atom stereocenters. The standard InChI is InChI=1S/C16H20N4O/c1-4-17-16(21)13-6-5-7-14(10-13)20-12(3)15-11(2)18-8-9-19-15/h5-10,12,20H,4H2,1-3H3,(H,17,21). The predicted molar refractivity (Wildman–Crippen MR) is 83.3 cm³/mol. The Morgan fingerprint density at radius 2 is 2.05 bits per heavy atom. The minimum absolute atomic E-state index is 0.0168. The van der Waals surface area contributed by atoms with Gasteiger partial charge in [0.15, 0.2) is 0 Å². The fourth-order valence-electron chi connectivity index (χ4n) is 2.17. The van der Waals surface area contributed by atoms with Gasteiger partial charge in [0.2, 0.25) is 0 Å². The molecule has 110 valence electrons. The molecule has 1 unspecified atom stereocenters. The van der Waals surface area contributed by atoms with Crippen molar-refractivity contribution in [1.82, 2.24) is 15.3 Å². The van der Waals surface area contributed by atoms with Crippen molar-refractivity contribution >= 4 is 11.6 Å². The zero-order chi connectivity index (χ0) is 15.2. The number of rotatable bonds is 5. The summed E-state index contributed by atoms with van der Waals surface area (Å²) < 4.78 is 0. The molecule has 2 N–H and O–H groups in total. The lowest BCUT2D eigenvalue weighted by molar-refractivity contribution is 0.0956. The Labute approximate surface area is 124 Å². The van der Waals surface area contributed by atoms with Crippen molar-refractivity contribution in [2.75, 3.05) is 11.9 Å². The lowest BCUT2D eigenvalue weighted by Crippen LogP contribution is -2.22. The van der Waals surface area contributed by atoms with Crippen molar-refractivity contribution in [3.05, 3.63) is 53.6 Å². The average molecular weight is 284 g/mol. The number of anilines is 1. The molecule has 21 heavy (non-hydrogen) atoms. The monoisotopic (exact) mass is 284 g/mol.